The molecule has 0 aliphatic heterocycles. The molecule has 0 fully saturated rings. The highest BCUT2D eigenvalue weighted by Gasteiger charge is 2.37. The molecule has 42 heavy (non-hydrogen) atoms. The summed E-state index contributed by atoms with van der Waals surface area (Å²) >= 11 is 0. The minimum atomic E-state index is -4.98. The second-order valence-corrected chi connectivity index (χ2v) is 12.4. The minimum absolute atomic E-state index is 0.0432. The van der Waals surface area contributed by atoms with E-state index in [2.05, 4.69) is 0 Å². The molecule has 0 aliphatic carbocycles. The molecule has 0 radical (unpaired) electrons. The largest absolute Gasteiger partial charge is 0.494 e. The zero-order chi connectivity index (χ0) is 31.5. The summed E-state index contributed by atoms with van der Waals surface area (Å²) in [5.41, 5.74) is -3.82. The Morgan fingerprint density at radius 1 is 0.905 bits per heavy atom. The van der Waals surface area contributed by atoms with Crippen molar-refractivity contribution in [1.29, 1.82) is 0 Å². The Kier molecular flexibility index (Phi) is 10.0. The van der Waals surface area contributed by atoms with Gasteiger partial charge in [-0.05, 0) is 50.6 Å². The molecule has 0 saturated carbocycles. The van der Waals surface area contributed by atoms with E-state index in [1.807, 2.05) is 0 Å². The van der Waals surface area contributed by atoms with Gasteiger partial charge in [0.05, 0.1) is 29.2 Å². The van der Waals surface area contributed by atoms with Crippen molar-refractivity contribution in [2.24, 2.45) is 0 Å². The fourth-order valence-corrected chi connectivity index (χ4v) is 5.37. The highest BCUT2D eigenvalue weighted by Crippen LogP contribution is 2.34. The Morgan fingerprint density at radius 2 is 1.55 bits per heavy atom. The van der Waals surface area contributed by atoms with Gasteiger partial charge in [0.2, 0.25) is 0 Å². The summed E-state index contributed by atoms with van der Waals surface area (Å²) in [6.07, 6.45) is -3.97. The first kappa shape index (κ1) is 33.3. The lowest BCUT2D eigenvalue weighted by Crippen LogP contribution is -2.36. The van der Waals surface area contributed by atoms with Crippen LogP contribution < -0.4 is 4.74 Å². The van der Waals surface area contributed by atoms with Crippen LogP contribution in [0.4, 0.5) is 30.7 Å². The number of hydrogen-bond donors (Lipinski definition) is 1. The molecular formula is C29H30F7NO4S. The van der Waals surface area contributed by atoms with Crippen molar-refractivity contribution in [1.82, 2.24) is 4.90 Å². The fraction of sp³-hybridized carbons (Fsp3) is 0.379. The predicted octanol–water partition coefficient (Wildman–Crippen LogP) is 6.68. The van der Waals surface area contributed by atoms with Gasteiger partial charge in [0.15, 0.2) is 9.84 Å². The molecule has 3 aromatic rings. The van der Waals surface area contributed by atoms with E-state index in [9.17, 15) is 35.5 Å². The zero-order valence-electron chi connectivity index (χ0n) is 23.0. The molecule has 1 N–H and O–H groups in total. The number of nitrogens with zero attached hydrogens (tertiary/aromatic N) is 1. The molecule has 0 bridgehead atoms. The van der Waals surface area contributed by atoms with Crippen molar-refractivity contribution in [3.63, 3.8) is 0 Å². The predicted molar refractivity (Wildman–Crippen MR) is 142 cm³/mol. The Labute approximate surface area is 239 Å². The molecular weight excluding hydrogens is 591 g/mol. The van der Waals surface area contributed by atoms with Crippen molar-refractivity contribution in [2.75, 3.05) is 26.0 Å². The lowest BCUT2D eigenvalue weighted by atomic mass is 9.98. The molecule has 0 aliphatic rings. The monoisotopic (exact) mass is 621 g/mol. The normalized spacial score (nSPS) is 13.0. The summed E-state index contributed by atoms with van der Waals surface area (Å²) in [5.74, 6) is -5.75. The number of alkyl halides is 5. The van der Waals surface area contributed by atoms with Gasteiger partial charge in [-0.1, -0.05) is 30.3 Å². The summed E-state index contributed by atoms with van der Waals surface area (Å²) in [5, 5.41) is 10.3. The molecule has 5 nitrogen and oxygen atoms in total. The van der Waals surface area contributed by atoms with Gasteiger partial charge in [0.25, 0.3) is 5.92 Å². The van der Waals surface area contributed by atoms with Gasteiger partial charge in [-0.25, -0.2) is 17.2 Å². The summed E-state index contributed by atoms with van der Waals surface area (Å²) in [6, 6.07) is 10.1. The third-order valence-electron chi connectivity index (χ3n) is 6.37. The summed E-state index contributed by atoms with van der Waals surface area (Å²) < 4.78 is 128. The van der Waals surface area contributed by atoms with Gasteiger partial charge in [-0.2, -0.15) is 22.0 Å². The van der Waals surface area contributed by atoms with Crippen LogP contribution in [0.25, 0.3) is 0 Å². The van der Waals surface area contributed by atoms with Gasteiger partial charge in [0, 0.05) is 36.0 Å². The van der Waals surface area contributed by atoms with Crippen LogP contribution in [0.1, 0.15) is 42.5 Å². The Bertz CT molecular complexity index is 1490. The van der Waals surface area contributed by atoms with Crippen LogP contribution in [0, 0.1) is 11.6 Å². The van der Waals surface area contributed by atoms with Crippen LogP contribution in [0.2, 0.25) is 0 Å². The molecule has 0 amide bonds. The highest BCUT2D eigenvalue weighted by molar-refractivity contribution is 7.90. The van der Waals surface area contributed by atoms with E-state index in [-0.39, 0.29) is 35.8 Å². The van der Waals surface area contributed by atoms with Crippen molar-refractivity contribution < 1.29 is 49.0 Å². The van der Waals surface area contributed by atoms with E-state index in [0.29, 0.717) is 6.07 Å². The molecule has 0 spiro atoms. The van der Waals surface area contributed by atoms with Crippen LogP contribution >= 0.6 is 0 Å². The van der Waals surface area contributed by atoms with Crippen molar-refractivity contribution >= 4 is 9.84 Å². The molecule has 0 heterocycles. The lowest BCUT2D eigenvalue weighted by Gasteiger charge is -2.28. The van der Waals surface area contributed by atoms with Gasteiger partial charge < -0.3 is 9.84 Å². The molecule has 3 rings (SSSR count). The van der Waals surface area contributed by atoms with Gasteiger partial charge in [0.1, 0.15) is 17.4 Å². The van der Waals surface area contributed by atoms with Crippen LogP contribution in [-0.2, 0) is 34.1 Å². The van der Waals surface area contributed by atoms with Gasteiger partial charge in [-0.3, -0.25) is 4.90 Å². The summed E-state index contributed by atoms with van der Waals surface area (Å²) in [6.45, 7) is 0.932. The Morgan fingerprint density at radius 3 is 2.12 bits per heavy atom. The van der Waals surface area contributed by atoms with Gasteiger partial charge in [-0.15, -0.1) is 0 Å². The average molecular weight is 622 g/mol. The van der Waals surface area contributed by atoms with Crippen LogP contribution in [-0.4, -0.2) is 44.4 Å². The molecule has 0 unspecified atom stereocenters. The van der Waals surface area contributed by atoms with Crippen molar-refractivity contribution in [3.8, 4) is 5.75 Å². The molecule has 0 atom stereocenters. The van der Waals surface area contributed by atoms with Crippen LogP contribution in [0.3, 0.4) is 0 Å². The van der Waals surface area contributed by atoms with Crippen molar-refractivity contribution in [3.05, 3.63) is 94.6 Å². The smallest absolute Gasteiger partial charge is 0.419 e. The number of ether oxygens (including phenoxy) is 1. The third-order valence-corrected chi connectivity index (χ3v) is 7.50. The SMILES string of the molecule is CC(C)(O)c1ccc(OCCCN(Cc2cccc(C(F)(F)F)c2F)CC(F)(F)c2ccc(F)cc2)cc1S(C)(=O)=O. The van der Waals surface area contributed by atoms with E-state index in [4.69, 9.17) is 4.74 Å². The quantitative estimate of drug-likeness (QED) is 0.181. The van der Waals surface area contributed by atoms with E-state index in [1.54, 1.807) is 0 Å². The standard InChI is InChI=1S/C29H30F7NO4S/c1-27(2,38)23-13-12-22(16-25(23)42(3,39)40)41-15-5-14-37(18-28(32,33)20-8-10-21(30)11-9-20)17-19-6-4-7-24(26(19)31)29(34,35)36/h4,6-13,16,38H,5,14-15,17-18H2,1-3H3. The van der Waals surface area contributed by atoms with E-state index >= 15 is 8.78 Å². The number of halogens is 7. The zero-order valence-corrected chi connectivity index (χ0v) is 23.8. The number of rotatable bonds is 12. The van der Waals surface area contributed by atoms with E-state index < -0.39 is 69.0 Å². The first-order valence-corrected chi connectivity index (χ1v) is 14.6. The molecule has 0 aromatic heterocycles. The van der Waals surface area contributed by atoms with Crippen LogP contribution in [0.15, 0.2) is 65.6 Å². The molecule has 3 aromatic carbocycles. The maximum Gasteiger partial charge on any atom is 0.419 e. The topological polar surface area (TPSA) is 66.8 Å². The van der Waals surface area contributed by atoms with Crippen LogP contribution in [0.5, 0.6) is 5.75 Å². The maximum absolute atomic E-state index is 15.1. The molecule has 13 heteroatoms. The first-order valence-electron chi connectivity index (χ1n) is 12.7. The first-order chi connectivity index (χ1) is 19.3. The second kappa shape index (κ2) is 12.6. The maximum atomic E-state index is 15.1. The molecule has 230 valence electrons. The minimum Gasteiger partial charge on any atom is -0.494 e. The average Bonchev–Trinajstić information content (AvgIpc) is 2.86. The number of hydrogen-bond acceptors (Lipinski definition) is 5. The Hall–Kier alpha value is -3.16. The third kappa shape index (κ3) is 8.68. The second-order valence-electron chi connectivity index (χ2n) is 10.4. The van der Waals surface area contributed by atoms with Gasteiger partial charge >= 0.3 is 6.18 Å². The molecule has 0 saturated heterocycles. The number of aliphatic hydroxyl groups is 1. The van der Waals surface area contributed by atoms with Crippen molar-refractivity contribution in [2.45, 2.75) is 49.4 Å². The number of sulfone groups is 1. The highest BCUT2D eigenvalue weighted by atomic mass is 32.2. The summed E-state index contributed by atoms with van der Waals surface area (Å²) in [7, 11) is -3.76. The number of benzene rings is 3. The van der Waals surface area contributed by atoms with E-state index in [1.165, 1.54) is 32.0 Å². The fourth-order valence-electron chi connectivity index (χ4n) is 4.32. The Balaban J connectivity index is 1.80. The van der Waals surface area contributed by atoms with E-state index in [0.717, 1.165) is 47.6 Å². The lowest BCUT2D eigenvalue weighted by molar-refractivity contribution is -0.140. The summed E-state index contributed by atoms with van der Waals surface area (Å²) in [4.78, 5) is 0.901.